The number of rotatable bonds is 3. The third kappa shape index (κ3) is 2.38. The molecule has 4 aromatic heterocycles. The Morgan fingerprint density at radius 3 is 2.65 bits per heavy atom. The molecule has 0 fully saturated rings. The fraction of sp³-hybridized carbons (Fsp3) is 0.167. The Kier molecular flexibility index (Phi) is 3.62. The second-order valence-electron chi connectivity index (χ2n) is 6.18. The van der Waals surface area contributed by atoms with E-state index in [2.05, 4.69) is 26.2 Å². The predicted molar refractivity (Wildman–Crippen MR) is 95.0 cm³/mol. The SMILES string of the molecule is CC(C)c1c(-c2cnn(-c3ccncc3)c2)[nH]c2c(C#N)cnn2c1=O. The predicted octanol–water partition coefficient (Wildman–Crippen LogP) is 2.27. The first-order chi connectivity index (χ1) is 12.6. The van der Waals surface area contributed by atoms with Crippen LogP contribution in [0.5, 0.6) is 0 Å². The summed E-state index contributed by atoms with van der Waals surface area (Å²) in [5.74, 6) is -0.0304. The number of aromatic amines is 1. The van der Waals surface area contributed by atoms with Crippen molar-refractivity contribution in [1.29, 1.82) is 5.26 Å². The van der Waals surface area contributed by atoms with E-state index in [0.29, 0.717) is 22.5 Å². The van der Waals surface area contributed by atoms with Gasteiger partial charge >= 0.3 is 0 Å². The number of hydrogen-bond donors (Lipinski definition) is 1. The van der Waals surface area contributed by atoms with Gasteiger partial charge in [0.25, 0.3) is 5.56 Å². The molecule has 0 aliphatic heterocycles. The van der Waals surface area contributed by atoms with Crippen molar-refractivity contribution in [3.05, 3.63) is 64.6 Å². The molecule has 0 aliphatic carbocycles. The molecule has 4 aromatic rings. The van der Waals surface area contributed by atoms with Crippen LogP contribution in [0.15, 0.2) is 47.9 Å². The molecule has 0 aromatic carbocycles. The normalized spacial score (nSPS) is 11.2. The smallest absolute Gasteiger partial charge is 0.278 e. The van der Waals surface area contributed by atoms with Crippen LogP contribution in [0.4, 0.5) is 0 Å². The average Bonchev–Trinajstić information content (AvgIpc) is 3.29. The standard InChI is InChI=1S/C18H15N7O/c1-11(2)15-16(23-17-12(7-19)8-22-25(17)18(15)26)13-9-21-24(10-13)14-3-5-20-6-4-14/h3-6,8-11,23H,1-2H3. The third-order valence-corrected chi connectivity index (χ3v) is 4.20. The molecular weight excluding hydrogens is 330 g/mol. The Labute approximate surface area is 148 Å². The highest BCUT2D eigenvalue weighted by atomic mass is 16.1. The Morgan fingerprint density at radius 2 is 1.96 bits per heavy atom. The maximum Gasteiger partial charge on any atom is 0.278 e. The first-order valence-electron chi connectivity index (χ1n) is 8.09. The molecule has 26 heavy (non-hydrogen) atoms. The lowest BCUT2D eigenvalue weighted by atomic mass is 10.00. The van der Waals surface area contributed by atoms with Crippen molar-refractivity contribution < 1.29 is 0 Å². The number of hydrogen-bond acceptors (Lipinski definition) is 5. The summed E-state index contributed by atoms with van der Waals surface area (Å²) in [6.07, 6.45) is 8.30. The molecule has 0 unspecified atom stereocenters. The van der Waals surface area contributed by atoms with E-state index in [0.717, 1.165) is 11.3 Å². The van der Waals surface area contributed by atoms with Crippen molar-refractivity contribution in [1.82, 2.24) is 29.4 Å². The van der Waals surface area contributed by atoms with Gasteiger partial charge < -0.3 is 4.98 Å². The zero-order valence-corrected chi connectivity index (χ0v) is 14.2. The van der Waals surface area contributed by atoms with Gasteiger partial charge in [-0.1, -0.05) is 13.8 Å². The first-order valence-corrected chi connectivity index (χ1v) is 8.09. The lowest BCUT2D eigenvalue weighted by molar-refractivity contribution is 0.797. The Balaban J connectivity index is 1.96. The molecule has 0 aliphatic rings. The molecule has 128 valence electrons. The van der Waals surface area contributed by atoms with Crippen molar-refractivity contribution in [3.8, 4) is 23.0 Å². The molecule has 0 atom stereocenters. The van der Waals surface area contributed by atoms with Gasteiger partial charge in [0.05, 0.1) is 23.8 Å². The topological polar surface area (TPSA) is 105 Å². The van der Waals surface area contributed by atoms with Gasteiger partial charge in [-0.2, -0.15) is 20.0 Å². The van der Waals surface area contributed by atoms with E-state index in [1.54, 1.807) is 23.3 Å². The van der Waals surface area contributed by atoms with Crippen LogP contribution < -0.4 is 5.56 Å². The monoisotopic (exact) mass is 345 g/mol. The van der Waals surface area contributed by atoms with Gasteiger partial charge in [0.2, 0.25) is 0 Å². The van der Waals surface area contributed by atoms with E-state index in [-0.39, 0.29) is 11.5 Å². The molecule has 0 spiro atoms. The fourth-order valence-electron chi connectivity index (χ4n) is 2.96. The molecule has 4 rings (SSSR count). The van der Waals surface area contributed by atoms with E-state index in [1.807, 2.05) is 32.2 Å². The average molecular weight is 345 g/mol. The number of aromatic nitrogens is 6. The molecule has 4 heterocycles. The van der Waals surface area contributed by atoms with Gasteiger partial charge in [0, 0.05) is 29.7 Å². The lowest BCUT2D eigenvalue weighted by Crippen LogP contribution is -2.22. The van der Waals surface area contributed by atoms with Crippen LogP contribution in [0.2, 0.25) is 0 Å². The quantitative estimate of drug-likeness (QED) is 0.613. The summed E-state index contributed by atoms with van der Waals surface area (Å²) in [7, 11) is 0. The summed E-state index contributed by atoms with van der Waals surface area (Å²) in [6.45, 7) is 3.89. The third-order valence-electron chi connectivity index (χ3n) is 4.20. The highest BCUT2D eigenvalue weighted by Gasteiger charge is 2.20. The van der Waals surface area contributed by atoms with E-state index in [4.69, 9.17) is 0 Å². The maximum absolute atomic E-state index is 12.9. The zero-order valence-electron chi connectivity index (χ0n) is 14.2. The minimum Gasteiger partial charge on any atom is -0.338 e. The fourth-order valence-corrected chi connectivity index (χ4v) is 2.96. The Hall–Kier alpha value is -3.73. The Morgan fingerprint density at radius 1 is 1.19 bits per heavy atom. The molecule has 0 bridgehead atoms. The van der Waals surface area contributed by atoms with Crippen molar-refractivity contribution in [2.45, 2.75) is 19.8 Å². The van der Waals surface area contributed by atoms with Crippen LogP contribution in [-0.2, 0) is 0 Å². The summed E-state index contributed by atoms with van der Waals surface area (Å²) in [5.41, 5.74) is 3.34. The molecule has 8 heteroatoms. The maximum atomic E-state index is 12.9. The van der Waals surface area contributed by atoms with Crippen molar-refractivity contribution >= 4 is 5.65 Å². The van der Waals surface area contributed by atoms with Crippen LogP contribution in [0, 0.1) is 11.3 Å². The van der Waals surface area contributed by atoms with Crippen LogP contribution in [0.25, 0.3) is 22.6 Å². The lowest BCUT2D eigenvalue weighted by Gasteiger charge is -2.11. The summed E-state index contributed by atoms with van der Waals surface area (Å²) in [6, 6.07) is 5.74. The van der Waals surface area contributed by atoms with Crippen LogP contribution >= 0.6 is 0 Å². The van der Waals surface area contributed by atoms with E-state index < -0.39 is 0 Å². The zero-order chi connectivity index (χ0) is 18.3. The van der Waals surface area contributed by atoms with Crippen molar-refractivity contribution in [3.63, 3.8) is 0 Å². The number of nitriles is 1. The van der Waals surface area contributed by atoms with Crippen molar-refractivity contribution in [2.75, 3.05) is 0 Å². The van der Waals surface area contributed by atoms with Crippen molar-refractivity contribution in [2.24, 2.45) is 0 Å². The molecule has 0 amide bonds. The second kappa shape index (κ2) is 5.97. The molecule has 1 N–H and O–H groups in total. The number of pyridine rings is 1. The largest absolute Gasteiger partial charge is 0.338 e. The van der Waals surface area contributed by atoms with Gasteiger partial charge in [0.1, 0.15) is 11.6 Å². The van der Waals surface area contributed by atoms with Gasteiger partial charge in [0.15, 0.2) is 5.65 Å². The summed E-state index contributed by atoms with van der Waals surface area (Å²) in [4.78, 5) is 20.1. The number of fused-ring (bicyclic) bond motifs is 1. The molecular formula is C18H15N7O. The van der Waals surface area contributed by atoms with E-state index >= 15 is 0 Å². The molecule has 0 saturated carbocycles. The van der Waals surface area contributed by atoms with E-state index in [9.17, 15) is 10.1 Å². The summed E-state index contributed by atoms with van der Waals surface area (Å²) >= 11 is 0. The van der Waals surface area contributed by atoms with Gasteiger partial charge in [-0.25, -0.2) is 4.68 Å². The number of nitrogens with zero attached hydrogens (tertiary/aromatic N) is 6. The van der Waals surface area contributed by atoms with Gasteiger partial charge in [-0.05, 0) is 18.1 Å². The minimum atomic E-state index is -0.234. The summed E-state index contributed by atoms with van der Waals surface area (Å²) < 4.78 is 2.95. The minimum absolute atomic E-state index is 0.0304. The summed E-state index contributed by atoms with van der Waals surface area (Å²) in [5, 5.41) is 17.7. The number of H-pyrrole nitrogens is 1. The number of nitrogens with one attached hydrogen (secondary N) is 1. The Bertz CT molecular complexity index is 1190. The molecule has 0 radical (unpaired) electrons. The van der Waals surface area contributed by atoms with Crippen LogP contribution in [-0.4, -0.2) is 29.4 Å². The molecule has 8 nitrogen and oxygen atoms in total. The first kappa shape index (κ1) is 15.8. The van der Waals surface area contributed by atoms with Crippen LogP contribution in [0.1, 0.15) is 30.9 Å². The molecule has 0 saturated heterocycles. The van der Waals surface area contributed by atoms with Gasteiger partial charge in [-0.15, -0.1) is 0 Å². The second-order valence-corrected chi connectivity index (χ2v) is 6.18. The van der Waals surface area contributed by atoms with Crippen LogP contribution in [0.3, 0.4) is 0 Å². The van der Waals surface area contributed by atoms with Gasteiger partial charge in [-0.3, -0.25) is 9.78 Å². The highest BCUT2D eigenvalue weighted by molar-refractivity contribution is 5.67. The van der Waals surface area contributed by atoms with E-state index in [1.165, 1.54) is 10.7 Å². The highest BCUT2D eigenvalue weighted by Crippen LogP contribution is 2.26.